The Balaban J connectivity index is 1.24. The average molecular weight is 502 g/mol. The van der Waals surface area contributed by atoms with Crippen molar-refractivity contribution in [3.63, 3.8) is 0 Å². The van der Waals surface area contributed by atoms with Gasteiger partial charge in [0, 0.05) is 54.3 Å². The Labute approximate surface area is 215 Å². The van der Waals surface area contributed by atoms with Crippen LogP contribution in [0.2, 0.25) is 0 Å². The number of aryl methyl sites for hydroxylation is 1. The average Bonchev–Trinajstić information content (AvgIpc) is 3.56. The molecule has 1 N–H and O–H groups in total. The van der Waals surface area contributed by atoms with Gasteiger partial charge in [-0.05, 0) is 74.2 Å². The summed E-state index contributed by atoms with van der Waals surface area (Å²) in [4.78, 5) is 44.0. The molecule has 0 bridgehead atoms. The highest BCUT2D eigenvalue weighted by atomic mass is 32.1. The molecule has 2 aromatic carbocycles. The quantitative estimate of drug-likeness (QED) is 0.444. The molecule has 1 aliphatic carbocycles. The maximum absolute atomic E-state index is 13.0. The predicted molar refractivity (Wildman–Crippen MR) is 144 cm³/mol. The number of anilines is 1. The van der Waals surface area contributed by atoms with Crippen LogP contribution in [0, 0.1) is 12.8 Å². The number of ketones is 1. The fraction of sp³-hybridized carbons (Fsp3) is 0.345. The van der Waals surface area contributed by atoms with Gasteiger partial charge in [-0.1, -0.05) is 24.3 Å². The molecule has 2 fully saturated rings. The number of carbonyl (C=O) groups excluding carboxylic acids is 3. The highest BCUT2D eigenvalue weighted by molar-refractivity contribution is 7.17. The molecule has 2 heterocycles. The van der Waals surface area contributed by atoms with Crippen molar-refractivity contribution >= 4 is 34.6 Å². The van der Waals surface area contributed by atoms with Crippen molar-refractivity contribution in [1.29, 1.82) is 0 Å². The van der Waals surface area contributed by atoms with Gasteiger partial charge in [0.15, 0.2) is 5.78 Å². The molecule has 3 aromatic rings. The summed E-state index contributed by atoms with van der Waals surface area (Å²) in [6.45, 7) is 5.21. The predicted octanol–water partition coefficient (Wildman–Crippen LogP) is 5.35. The van der Waals surface area contributed by atoms with Crippen molar-refractivity contribution in [3.05, 3.63) is 76.2 Å². The molecule has 2 amide bonds. The highest BCUT2D eigenvalue weighted by Crippen LogP contribution is 2.34. The first-order chi connectivity index (χ1) is 17.4. The van der Waals surface area contributed by atoms with Crippen LogP contribution in [-0.2, 0) is 0 Å². The van der Waals surface area contributed by atoms with Gasteiger partial charge in [-0.15, -0.1) is 11.3 Å². The summed E-state index contributed by atoms with van der Waals surface area (Å²) in [6.07, 6.45) is 2.86. The molecular weight excluding hydrogens is 470 g/mol. The molecule has 6 nitrogen and oxygen atoms in total. The number of nitrogens with zero attached hydrogens (tertiary/aromatic N) is 2. The zero-order chi connectivity index (χ0) is 25.2. The van der Waals surface area contributed by atoms with E-state index in [0.29, 0.717) is 34.0 Å². The Bertz CT molecular complexity index is 1290. The van der Waals surface area contributed by atoms with Gasteiger partial charge in [-0.2, -0.15) is 0 Å². The third kappa shape index (κ3) is 5.58. The van der Waals surface area contributed by atoms with Crippen molar-refractivity contribution in [2.75, 3.05) is 38.5 Å². The molecule has 0 spiro atoms. The number of likely N-dealkylation sites (N-methyl/N-ethyl adjacent to an activating group) is 1. The number of carbonyl (C=O) groups is 3. The van der Waals surface area contributed by atoms with Crippen molar-refractivity contribution < 1.29 is 14.4 Å². The monoisotopic (exact) mass is 501 g/mol. The Hall–Kier alpha value is -3.29. The Morgan fingerprint density at radius 3 is 2.31 bits per heavy atom. The van der Waals surface area contributed by atoms with Crippen LogP contribution < -0.4 is 5.32 Å². The molecule has 186 valence electrons. The molecule has 1 saturated carbocycles. The number of amides is 2. The van der Waals surface area contributed by atoms with Crippen molar-refractivity contribution in [3.8, 4) is 10.4 Å². The lowest BCUT2D eigenvalue weighted by atomic mass is 10.0. The Kier molecular flexibility index (Phi) is 7.03. The van der Waals surface area contributed by atoms with Crippen molar-refractivity contribution in [2.24, 2.45) is 5.92 Å². The highest BCUT2D eigenvalue weighted by Gasteiger charge is 2.25. The Morgan fingerprint density at radius 2 is 1.61 bits per heavy atom. The normalized spacial score (nSPS) is 16.1. The summed E-state index contributed by atoms with van der Waals surface area (Å²) < 4.78 is 0. The van der Waals surface area contributed by atoms with E-state index in [1.54, 1.807) is 6.07 Å². The molecule has 1 saturated heterocycles. The number of Topliss-reactive ketones (excluding diaryl/α,β-unsaturated/α-hetero) is 1. The lowest BCUT2D eigenvalue weighted by Gasteiger charge is -2.32. The van der Waals surface area contributed by atoms with Gasteiger partial charge in [0.05, 0.1) is 4.88 Å². The molecule has 0 radical (unpaired) electrons. The second-order valence-electron chi connectivity index (χ2n) is 9.89. The summed E-state index contributed by atoms with van der Waals surface area (Å²) in [6, 6.07) is 16.9. The van der Waals surface area contributed by atoms with Crippen molar-refractivity contribution in [2.45, 2.75) is 26.2 Å². The van der Waals surface area contributed by atoms with Gasteiger partial charge in [0.2, 0.25) is 0 Å². The van der Waals surface area contributed by atoms with Gasteiger partial charge >= 0.3 is 0 Å². The summed E-state index contributed by atoms with van der Waals surface area (Å²) in [5, 5.41) is 2.98. The maximum atomic E-state index is 13.0. The van der Waals surface area contributed by atoms with E-state index in [9.17, 15) is 14.4 Å². The minimum Gasteiger partial charge on any atom is -0.336 e. The van der Waals surface area contributed by atoms with Crippen LogP contribution in [0.5, 0.6) is 0 Å². The minimum atomic E-state index is -0.192. The molecular formula is C29H31N3O3S. The molecule has 1 aliphatic heterocycles. The van der Waals surface area contributed by atoms with Crippen LogP contribution >= 0.6 is 11.3 Å². The number of thiophene rings is 1. The van der Waals surface area contributed by atoms with Crippen molar-refractivity contribution in [1.82, 2.24) is 9.80 Å². The maximum Gasteiger partial charge on any atom is 0.265 e. The number of piperazine rings is 1. The largest absolute Gasteiger partial charge is 0.336 e. The third-order valence-electron chi connectivity index (χ3n) is 7.02. The molecule has 2 aliphatic rings. The van der Waals surface area contributed by atoms with E-state index in [2.05, 4.69) is 17.3 Å². The number of hydrogen-bond donors (Lipinski definition) is 1. The van der Waals surface area contributed by atoms with E-state index >= 15 is 0 Å². The third-order valence-corrected chi connectivity index (χ3v) is 8.15. The second-order valence-corrected chi connectivity index (χ2v) is 11.0. The molecule has 1 aromatic heterocycles. The first-order valence-corrected chi connectivity index (χ1v) is 13.3. The number of nitrogens with one attached hydrogen (secondary N) is 1. The van der Waals surface area contributed by atoms with Gasteiger partial charge in [0.1, 0.15) is 0 Å². The van der Waals surface area contributed by atoms with Gasteiger partial charge < -0.3 is 15.1 Å². The SMILES string of the molecule is Cc1ccc(C(=O)CC2CC2)cc1NC(=O)c1ccc(-c2ccc(C(=O)N3CCN(C)CC3)cc2)s1. The first kappa shape index (κ1) is 24.4. The lowest BCUT2D eigenvalue weighted by Crippen LogP contribution is -2.47. The molecule has 0 unspecified atom stereocenters. The van der Waals surface area contributed by atoms with E-state index in [4.69, 9.17) is 0 Å². The number of hydrogen-bond acceptors (Lipinski definition) is 5. The number of benzene rings is 2. The van der Waals surface area contributed by atoms with Gasteiger partial charge in [-0.25, -0.2) is 0 Å². The zero-order valence-electron chi connectivity index (χ0n) is 20.8. The Morgan fingerprint density at radius 1 is 0.917 bits per heavy atom. The lowest BCUT2D eigenvalue weighted by molar-refractivity contribution is 0.0664. The standard InChI is InChI=1S/C29H31N3O3S/c1-19-3-6-23(25(33)17-20-4-5-20)18-24(19)30-28(34)27-12-11-26(36-27)21-7-9-22(10-8-21)29(35)32-15-13-31(2)14-16-32/h3,6-12,18,20H,4-5,13-17H2,1-2H3,(H,30,34). The summed E-state index contributed by atoms with van der Waals surface area (Å²) >= 11 is 1.41. The first-order valence-electron chi connectivity index (χ1n) is 12.5. The van der Waals surface area contributed by atoms with E-state index in [-0.39, 0.29) is 17.6 Å². The van der Waals surface area contributed by atoms with E-state index in [0.717, 1.165) is 55.0 Å². The smallest absolute Gasteiger partial charge is 0.265 e. The molecule has 36 heavy (non-hydrogen) atoms. The van der Waals surface area contributed by atoms with Crippen LogP contribution in [0.25, 0.3) is 10.4 Å². The van der Waals surface area contributed by atoms with E-state index < -0.39 is 0 Å². The fourth-order valence-electron chi connectivity index (χ4n) is 4.40. The summed E-state index contributed by atoms with van der Waals surface area (Å²) in [5.41, 5.74) is 3.90. The fourth-order valence-corrected chi connectivity index (χ4v) is 5.31. The van der Waals surface area contributed by atoms with Crippen LogP contribution in [0.3, 0.4) is 0 Å². The zero-order valence-corrected chi connectivity index (χ0v) is 21.6. The van der Waals surface area contributed by atoms with Gasteiger partial charge in [0.25, 0.3) is 11.8 Å². The minimum absolute atomic E-state index is 0.0640. The second kappa shape index (κ2) is 10.4. The van der Waals surface area contributed by atoms with E-state index in [1.165, 1.54) is 11.3 Å². The summed E-state index contributed by atoms with van der Waals surface area (Å²) in [7, 11) is 2.07. The number of rotatable bonds is 7. The summed E-state index contributed by atoms with van der Waals surface area (Å²) in [5.74, 6) is 0.540. The van der Waals surface area contributed by atoms with Crippen LogP contribution in [0.15, 0.2) is 54.6 Å². The van der Waals surface area contributed by atoms with Crippen LogP contribution in [0.1, 0.15) is 55.2 Å². The molecule has 5 rings (SSSR count). The molecule has 7 heteroatoms. The van der Waals surface area contributed by atoms with E-state index in [1.807, 2.05) is 60.4 Å². The molecule has 0 atom stereocenters. The van der Waals surface area contributed by atoms with Crippen LogP contribution in [-0.4, -0.2) is 60.6 Å². The topological polar surface area (TPSA) is 69.7 Å². The van der Waals surface area contributed by atoms with Crippen LogP contribution in [0.4, 0.5) is 5.69 Å². The van der Waals surface area contributed by atoms with Gasteiger partial charge in [-0.3, -0.25) is 14.4 Å².